The van der Waals surface area contributed by atoms with Crippen LogP contribution >= 0.6 is 24.0 Å². The minimum Gasteiger partial charge on any atom is -0.307 e. The molecule has 2 aromatic carbocycles. The molecule has 24 heavy (non-hydrogen) atoms. The summed E-state index contributed by atoms with van der Waals surface area (Å²) < 4.78 is 0.483. The zero-order valence-electron chi connectivity index (χ0n) is 12.5. The van der Waals surface area contributed by atoms with Crippen molar-refractivity contribution in [1.82, 2.24) is 10.3 Å². The third kappa shape index (κ3) is 2.96. The second kappa shape index (κ2) is 6.19. The summed E-state index contributed by atoms with van der Waals surface area (Å²) in [6.45, 7) is 0. The Morgan fingerprint density at radius 2 is 1.83 bits per heavy atom. The molecule has 1 aliphatic heterocycles. The zero-order valence-corrected chi connectivity index (χ0v) is 14.2. The van der Waals surface area contributed by atoms with E-state index in [1.807, 2.05) is 30.3 Å². The minimum absolute atomic E-state index is 0.164. The predicted octanol–water partition coefficient (Wildman–Crippen LogP) is 4.39. The third-order valence-electron chi connectivity index (χ3n) is 3.74. The topological polar surface area (TPSA) is 42.0 Å². The van der Waals surface area contributed by atoms with Crippen molar-refractivity contribution in [3.05, 3.63) is 71.3 Å². The lowest BCUT2D eigenvalue weighted by Gasteiger charge is -2.05. The Morgan fingerprint density at radius 3 is 2.62 bits per heavy atom. The van der Waals surface area contributed by atoms with E-state index in [4.69, 9.17) is 12.2 Å². The van der Waals surface area contributed by atoms with Crippen molar-refractivity contribution in [2.75, 3.05) is 0 Å². The third-order valence-corrected chi connectivity index (χ3v) is 4.90. The fourth-order valence-corrected chi connectivity index (χ4v) is 3.63. The number of pyridine rings is 1. The van der Waals surface area contributed by atoms with E-state index in [9.17, 15) is 4.79 Å². The van der Waals surface area contributed by atoms with E-state index in [1.54, 1.807) is 6.08 Å². The molecule has 1 saturated heterocycles. The quantitative estimate of drug-likeness (QED) is 0.551. The molecule has 3 aromatic rings. The molecule has 5 heteroatoms. The Morgan fingerprint density at radius 1 is 1.00 bits per heavy atom. The lowest BCUT2D eigenvalue weighted by atomic mass is 10.0. The lowest BCUT2D eigenvalue weighted by molar-refractivity contribution is -0.115. The van der Waals surface area contributed by atoms with Crippen molar-refractivity contribution in [3.63, 3.8) is 0 Å². The molecule has 4 rings (SSSR count). The van der Waals surface area contributed by atoms with Crippen LogP contribution < -0.4 is 5.32 Å². The van der Waals surface area contributed by atoms with E-state index in [1.165, 1.54) is 22.5 Å². The number of amides is 1. The van der Waals surface area contributed by atoms with Gasteiger partial charge in [0, 0.05) is 5.56 Å². The summed E-state index contributed by atoms with van der Waals surface area (Å²) in [5.74, 6) is -0.164. The Hall–Kier alpha value is -2.50. The standard InChI is InChI=1S/C19H12N2OS2/c22-18-17(24-19(23)21-18)11-15-6-3-7-16(20-15)14-9-8-12-4-1-2-5-13(12)10-14/h1-11H,(H,21,22,23). The van der Waals surface area contributed by atoms with Crippen LogP contribution in [0.15, 0.2) is 65.6 Å². The molecule has 0 saturated carbocycles. The van der Waals surface area contributed by atoms with Crippen LogP contribution in [-0.4, -0.2) is 15.2 Å². The molecule has 1 aromatic heterocycles. The van der Waals surface area contributed by atoms with Gasteiger partial charge in [-0.1, -0.05) is 66.4 Å². The second-order valence-corrected chi connectivity index (χ2v) is 7.08. The Balaban J connectivity index is 1.72. The number of rotatable bonds is 2. The molecule has 116 valence electrons. The van der Waals surface area contributed by atoms with Gasteiger partial charge in [-0.05, 0) is 35.0 Å². The highest BCUT2D eigenvalue weighted by Crippen LogP contribution is 2.27. The maximum absolute atomic E-state index is 11.8. The fraction of sp³-hybridized carbons (Fsp3) is 0. The number of thiocarbonyl (C=S) groups is 1. The molecule has 1 N–H and O–H groups in total. The maximum Gasteiger partial charge on any atom is 0.263 e. The molecule has 1 amide bonds. The normalized spacial score (nSPS) is 15.9. The summed E-state index contributed by atoms with van der Waals surface area (Å²) >= 11 is 6.27. The molecule has 0 bridgehead atoms. The molecule has 0 atom stereocenters. The molecule has 1 aliphatic rings. The van der Waals surface area contributed by atoms with Gasteiger partial charge in [-0.2, -0.15) is 0 Å². The van der Waals surface area contributed by atoms with Crippen molar-refractivity contribution >= 4 is 51.1 Å². The number of aromatic nitrogens is 1. The first-order valence-electron chi connectivity index (χ1n) is 7.40. The zero-order chi connectivity index (χ0) is 16.5. The summed E-state index contributed by atoms with van der Waals surface area (Å²) in [6.07, 6.45) is 1.77. The minimum atomic E-state index is -0.164. The van der Waals surface area contributed by atoms with Gasteiger partial charge < -0.3 is 5.32 Å². The molecule has 0 unspecified atom stereocenters. The number of benzene rings is 2. The largest absolute Gasteiger partial charge is 0.307 e. The average molecular weight is 348 g/mol. The van der Waals surface area contributed by atoms with Crippen LogP contribution in [0.1, 0.15) is 5.69 Å². The van der Waals surface area contributed by atoms with Gasteiger partial charge in [-0.25, -0.2) is 4.98 Å². The number of hydrogen-bond acceptors (Lipinski definition) is 4. The smallest absolute Gasteiger partial charge is 0.263 e. The number of carbonyl (C=O) groups excluding carboxylic acids is 1. The molecular weight excluding hydrogens is 336 g/mol. The van der Waals surface area contributed by atoms with Gasteiger partial charge in [-0.15, -0.1) is 0 Å². The molecule has 3 nitrogen and oxygen atoms in total. The van der Waals surface area contributed by atoms with Crippen LogP contribution in [0, 0.1) is 0 Å². The van der Waals surface area contributed by atoms with Crippen molar-refractivity contribution in [2.24, 2.45) is 0 Å². The van der Waals surface area contributed by atoms with Crippen molar-refractivity contribution in [2.45, 2.75) is 0 Å². The van der Waals surface area contributed by atoms with E-state index in [2.05, 4.69) is 40.6 Å². The van der Waals surface area contributed by atoms with Gasteiger partial charge in [-0.3, -0.25) is 4.79 Å². The number of nitrogens with zero attached hydrogens (tertiary/aromatic N) is 1. The Bertz CT molecular complexity index is 1010. The highest BCUT2D eigenvalue weighted by molar-refractivity contribution is 8.26. The first-order valence-corrected chi connectivity index (χ1v) is 8.63. The number of thioether (sulfide) groups is 1. The lowest BCUT2D eigenvalue weighted by Crippen LogP contribution is -2.17. The number of fused-ring (bicyclic) bond motifs is 1. The van der Waals surface area contributed by atoms with Gasteiger partial charge in [0.25, 0.3) is 5.91 Å². The number of hydrogen-bond donors (Lipinski definition) is 1. The Labute approximate surface area is 148 Å². The van der Waals surface area contributed by atoms with E-state index in [0.29, 0.717) is 9.23 Å². The van der Waals surface area contributed by atoms with Crippen LogP contribution in [0.25, 0.3) is 28.1 Å². The summed E-state index contributed by atoms with van der Waals surface area (Å²) in [4.78, 5) is 17.0. The van der Waals surface area contributed by atoms with E-state index in [-0.39, 0.29) is 5.91 Å². The van der Waals surface area contributed by atoms with Crippen LogP contribution in [0.5, 0.6) is 0 Å². The molecule has 0 radical (unpaired) electrons. The average Bonchev–Trinajstić information content (AvgIpc) is 2.92. The highest BCUT2D eigenvalue weighted by atomic mass is 32.2. The van der Waals surface area contributed by atoms with E-state index < -0.39 is 0 Å². The van der Waals surface area contributed by atoms with E-state index in [0.717, 1.165) is 17.0 Å². The molecule has 0 spiro atoms. The number of nitrogens with one attached hydrogen (secondary N) is 1. The van der Waals surface area contributed by atoms with Crippen LogP contribution in [0.2, 0.25) is 0 Å². The Kier molecular flexibility index (Phi) is 3.88. The van der Waals surface area contributed by atoms with Gasteiger partial charge >= 0.3 is 0 Å². The second-order valence-electron chi connectivity index (χ2n) is 5.36. The fourth-order valence-electron chi connectivity index (χ4n) is 2.60. The first-order chi connectivity index (χ1) is 11.7. The summed E-state index contributed by atoms with van der Waals surface area (Å²) in [7, 11) is 0. The van der Waals surface area contributed by atoms with Gasteiger partial charge in [0.15, 0.2) is 0 Å². The molecule has 0 aliphatic carbocycles. The predicted molar refractivity (Wildman–Crippen MR) is 103 cm³/mol. The summed E-state index contributed by atoms with van der Waals surface area (Å²) in [6, 6.07) is 20.3. The summed E-state index contributed by atoms with van der Waals surface area (Å²) in [5, 5.41) is 4.99. The van der Waals surface area contributed by atoms with Crippen molar-refractivity contribution in [1.29, 1.82) is 0 Å². The van der Waals surface area contributed by atoms with Crippen LogP contribution in [0.3, 0.4) is 0 Å². The van der Waals surface area contributed by atoms with Gasteiger partial charge in [0.05, 0.1) is 16.3 Å². The molecular formula is C19H12N2OS2. The monoisotopic (exact) mass is 348 g/mol. The van der Waals surface area contributed by atoms with Gasteiger partial charge in [0.2, 0.25) is 0 Å². The SMILES string of the molecule is O=C1NC(=S)SC1=Cc1cccc(-c2ccc3ccccc3c2)n1. The van der Waals surface area contributed by atoms with E-state index >= 15 is 0 Å². The van der Waals surface area contributed by atoms with Crippen molar-refractivity contribution in [3.8, 4) is 11.3 Å². The highest BCUT2D eigenvalue weighted by Gasteiger charge is 2.22. The summed E-state index contributed by atoms with van der Waals surface area (Å²) in [5.41, 5.74) is 2.66. The van der Waals surface area contributed by atoms with Gasteiger partial charge in [0.1, 0.15) is 4.32 Å². The molecule has 2 heterocycles. The maximum atomic E-state index is 11.8. The number of carbonyl (C=O) groups is 1. The first kappa shape index (κ1) is 15.1. The molecule has 1 fully saturated rings. The van der Waals surface area contributed by atoms with Crippen molar-refractivity contribution < 1.29 is 4.79 Å². The van der Waals surface area contributed by atoms with Crippen LogP contribution in [0.4, 0.5) is 0 Å². The van der Waals surface area contributed by atoms with Crippen LogP contribution in [-0.2, 0) is 4.79 Å².